The van der Waals surface area contributed by atoms with Gasteiger partial charge in [-0.2, -0.15) is 0 Å². The second kappa shape index (κ2) is 6.51. The van der Waals surface area contributed by atoms with Crippen LogP contribution in [0.25, 0.3) is 10.9 Å². The highest BCUT2D eigenvalue weighted by atomic mass is 14.8. The van der Waals surface area contributed by atoms with E-state index in [1.165, 1.54) is 22.1 Å². The van der Waals surface area contributed by atoms with Gasteiger partial charge in [0.1, 0.15) is 0 Å². The Bertz CT molecular complexity index is 734. The van der Waals surface area contributed by atoms with Crippen molar-refractivity contribution < 1.29 is 0 Å². The summed E-state index contributed by atoms with van der Waals surface area (Å²) in [5.41, 5.74) is 5.08. The van der Waals surface area contributed by atoms with E-state index in [0.29, 0.717) is 0 Å². The molecule has 0 aliphatic carbocycles. The van der Waals surface area contributed by atoms with Crippen LogP contribution in [0.3, 0.4) is 0 Å². The molecule has 0 radical (unpaired) electrons. The zero-order chi connectivity index (χ0) is 14.5. The van der Waals surface area contributed by atoms with Gasteiger partial charge in [0.25, 0.3) is 0 Å². The summed E-state index contributed by atoms with van der Waals surface area (Å²) in [6.07, 6.45) is 2.90. The summed E-state index contributed by atoms with van der Waals surface area (Å²) in [6, 6.07) is 19.3. The Balaban J connectivity index is 1.54. The van der Waals surface area contributed by atoms with E-state index in [4.69, 9.17) is 0 Å². The molecule has 21 heavy (non-hydrogen) atoms. The monoisotopic (exact) mass is 276 g/mol. The van der Waals surface area contributed by atoms with Gasteiger partial charge in [0.05, 0.1) is 5.52 Å². The number of aromatic nitrogens is 1. The lowest BCUT2D eigenvalue weighted by molar-refractivity contribution is 0.687. The van der Waals surface area contributed by atoms with Gasteiger partial charge in [0.15, 0.2) is 0 Å². The van der Waals surface area contributed by atoms with E-state index in [2.05, 4.69) is 65.8 Å². The van der Waals surface area contributed by atoms with Crippen LogP contribution in [0.15, 0.2) is 60.8 Å². The second-order valence-electron chi connectivity index (χ2n) is 5.45. The van der Waals surface area contributed by atoms with Gasteiger partial charge < -0.3 is 5.32 Å². The molecule has 1 aromatic heterocycles. The molecule has 0 aliphatic heterocycles. The molecule has 0 saturated carbocycles. The van der Waals surface area contributed by atoms with Crippen molar-refractivity contribution in [2.75, 3.05) is 6.54 Å². The van der Waals surface area contributed by atoms with E-state index in [-0.39, 0.29) is 0 Å². The molecule has 1 N–H and O–H groups in total. The summed E-state index contributed by atoms with van der Waals surface area (Å²) in [7, 11) is 0. The molecule has 0 atom stereocenters. The molecule has 0 spiro atoms. The molecular formula is C19H20N2. The smallest absolute Gasteiger partial charge is 0.0702 e. The standard InChI is InChI=1S/C19H20N2/c1-15-4-2-5-16(12-15)9-11-20-14-17-7-8-19-18(13-17)6-3-10-21-19/h2-8,10,12-13,20H,9,11,14H2,1H3. The zero-order valence-electron chi connectivity index (χ0n) is 12.3. The normalized spacial score (nSPS) is 10.9. The first-order chi connectivity index (χ1) is 10.3. The van der Waals surface area contributed by atoms with Gasteiger partial charge in [0, 0.05) is 18.1 Å². The van der Waals surface area contributed by atoms with Crippen LogP contribution in [0.1, 0.15) is 16.7 Å². The van der Waals surface area contributed by atoms with Crippen LogP contribution in [-0.2, 0) is 13.0 Å². The van der Waals surface area contributed by atoms with Gasteiger partial charge >= 0.3 is 0 Å². The second-order valence-corrected chi connectivity index (χ2v) is 5.45. The number of pyridine rings is 1. The summed E-state index contributed by atoms with van der Waals surface area (Å²) in [4.78, 5) is 4.35. The molecular weight excluding hydrogens is 256 g/mol. The highest BCUT2D eigenvalue weighted by Gasteiger charge is 1.98. The van der Waals surface area contributed by atoms with Crippen molar-refractivity contribution in [1.29, 1.82) is 0 Å². The van der Waals surface area contributed by atoms with Crippen molar-refractivity contribution in [2.45, 2.75) is 19.9 Å². The first-order valence-electron chi connectivity index (χ1n) is 7.41. The molecule has 0 unspecified atom stereocenters. The minimum absolute atomic E-state index is 0.899. The zero-order valence-corrected chi connectivity index (χ0v) is 12.3. The molecule has 106 valence electrons. The number of rotatable bonds is 5. The van der Waals surface area contributed by atoms with Crippen LogP contribution in [-0.4, -0.2) is 11.5 Å². The van der Waals surface area contributed by atoms with Crippen LogP contribution in [0.5, 0.6) is 0 Å². The first-order valence-corrected chi connectivity index (χ1v) is 7.41. The Morgan fingerprint density at radius 3 is 2.81 bits per heavy atom. The maximum absolute atomic E-state index is 4.35. The number of aryl methyl sites for hydroxylation is 1. The number of nitrogens with zero attached hydrogens (tertiary/aromatic N) is 1. The van der Waals surface area contributed by atoms with E-state index in [1.807, 2.05) is 12.3 Å². The molecule has 0 amide bonds. The van der Waals surface area contributed by atoms with Gasteiger partial charge in [-0.25, -0.2) is 0 Å². The highest BCUT2D eigenvalue weighted by molar-refractivity contribution is 5.78. The Hall–Kier alpha value is -2.19. The van der Waals surface area contributed by atoms with E-state index in [0.717, 1.165) is 25.0 Å². The lowest BCUT2D eigenvalue weighted by Crippen LogP contribution is -2.16. The van der Waals surface area contributed by atoms with Crippen molar-refractivity contribution >= 4 is 10.9 Å². The summed E-state index contributed by atoms with van der Waals surface area (Å²) < 4.78 is 0. The fourth-order valence-electron chi connectivity index (χ4n) is 2.57. The first kappa shape index (κ1) is 13.8. The van der Waals surface area contributed by atoms with Crippen LogP contribution in [0.2, 0.25) is 0 Å². The highest BCUT2D eigenvalue weighted by Crippen LogP contribution is 2.13. The largest absolute Gasteiger partial charge is 0.312 e. The summed E-state index contributed by atoms with van der Waals surface area (Å²) in [6.45, 7) is 4.03. The maximum Gasteiger partial charge on any atom is 0.0702 e. The molecule has 2 heteroatoms. The van der Waals surface area contributed by atoms with E-state index in [1.54, 1.807) is 0 Å². The third-order valence-corrected chi connectivity index (χ3v) is 3.67. The molecule has 0 aliphatic rings. The molecule has 3 rings (SSSR count). The third kappa shape index (κ3) is 3.67. The Morgan fingerprint density at radius 2 is 1.90 bits per heavy atom. The van der Waals surface area contributed by atoms with Gasteiger partial charge in [-0.15, -0.1) is 0 Å². The molecule has 0 fully saturated rings. The summed E-state index contributed by atoms with van der Waals surface area (Å²) in [5, 5.41) is 4.72. The van der Waals surface area contributed by atoms with Crippen molar-refractivity contribution in [3.8, 4) is 0 Å². The lowest BCUT2D eigenvalue weighted by Gasteiger charge is -2.07. The van der Waals surface area contributed by atoms with Crippen molar-refractivity contribution in [3.05, 3.63) is 77.5 Å². The van der Waals surface area contributed by atoms with Crippen molar-refractivity contribution in [1.82, 2.24) is 10.3 Å². The quantitative estimate of drug-likeness (QED) is 0.715. The number of nitrogens with one attached hydrogen (secondary N) is 1. The third-order valence-electron chi connectivity index (χ3n) is 3.67. The summed E-state index contributed by atoms with van der Waals surface area (Å²) >= 11 is 0. The minimum atomic E-state index is 0.899. The lowest BCUT2D eigenvalue weighted by atomic mass is 10.1. The van der Waals surface area contributed by atoms with Gasteiger partial charge in [-0.05, 0) is 49.2 Å². The van der Waals surface area contributed by atoms with Crippen LogP contribution < -0.4 is 5.32 Å². The maximum atomic E-state index is 4.35. The Morgan fingerprint density at radius 1 is 0.952 bits per heavy atom. The average molecular weight is 276 g/mol. The summed E-state index contributed by atoms with van der Waals surface area (Å²) in [5.74, 6) is 0. The van der Waals surface area contributed by atoms with Gasteiger partial charge in [0.2, 0.25) is 0 Å². The van der Waals surface area contributed by atoms with Crippen LogP contribution >= 0.6 is 0 Å². The number of benzene rings is 2. The van der Waals surface area contributed by atoms with E-state index >= 15 is 0 Å². The van der Waals surface area contributed by atoms with Crippen molar-refractivity contribution in [2.24, 2.45) is 0 Å². The van der Waals surface area contributed by atoms with E-state index in [9.17, 15) is 0 Å². The average Bonchev–Trinajstić information content (AvgIpc) is 2.51. The predicted octanol–water partition coefficient (Wildman–Crippen LogP) is 3.88. The topological polar surface area (TPSA) is 24.9 Å². The fourth-order valence-corrected chi connectivity index (χ4v) is 2.57. The van der Waals surface area contributed by atoms with Gasteiger partial charge in [-0.1, -0.05) is 42.0 Å². The van der Waals surface area contributed by atoms with Crippen LogP contribution in [0, 0.1) is 6.92 Å². The predicted molar refractivity (Wildman–Crippen MR) is 88.3 cm³/mol. The molecule has 1 heterocycles. The molecule has 0 bridgehead atoms. The number of hydrogen-bond acceptors (Lipinski definition) is 2. The fraction of sp³-hybridized carbons (Fsp3) is 0.211. The SMILES string of the molecule is Cc1cccc(CCNCc2ccc3ncccc3c2)c1. The number of fused-ring (bicyclic) bond motifs is 1. The minimum Gasteiger partial charge on any atom is -0.312 e. The molecule has 0 saturated heterocycles. The van der Waals surface area contributed by atoms with Gasteiger partial charge in [-0.3, -0.25) is 4.98 Å². The molecule has 3 aromatic rings. The van der Waals surface area contributed by atoms with E-state index < -0.39 is 0 Å². The molecule has 2 nitrogen and oxygen atoms in total. The Kier molecular flexibility index (Phi) is 4.27. The number of hydrogen-bond donors (Lipinski definition) is 1. The Labute approximate surface area is 125 Å². The van der Waals surface area contributed by atoms with Crippen LogP contribution in [0.4, 0.5) is 0 Å². The molecule has 2 aromatic carbocycles. The van der Waals surface area contributed by atoms with Crippen molar-refractivity contribution in [3.63, 3.8) is 0 Å².